The lowest BCUT2D eigenvalue weighted by atomic mass is 10.5. The van der Waals surface area contributed by atoms with Crippen LogP contribution < -0.4 is 0 Å². The average Bonchev–Trinajstić information content (AvgIpc) is 2.00. The number of nitrogens with zero attached hydrogens (tertiary/aromatic N) is 2. The van der Waals surface area contributed by atoms with E-state index in [2.05, 4.69) is 0 Å². The SMILES string of the molecule is CN(O)C(=O)CN(C)C(=O)CP(C)(=O)O. The molecule has 0 aromatic carbocycles. The summed E-state index contributed by atoms with van der Waals surface area (Å²) >= 11 is 0. The molecular weight excluding hydrogens is 223 g/mol. The minimum Gasteiger partial charge on any atom is -0.344 e. The molecule has 7 nitrogen and oxygen atoms in total. The molecule has 0 radical (unpaired) electrons. The zero-order valence-corrected chi connectivity index (χ0v) is 9.77. The Balaban J connectivity index is 4.23. The quantitative estimate of drug-likeness (QED) is 0.379. The number of amides is 2. The molecule has 8 heteroatoms. The second kappa shape index (κ2) is 5.25. The van der Waals surface area contributed by atoms with Crippen LogP contribution in [0, 0.1) is 0 Å². The van der Waals surface area contributed by atoms with E-state index in [4.69, 9.17) is 10.1 Å². The molecule has 0 aromatic heterocycles. The molecule has 0 rings (SSSR count). The third kappa shape index (κ3) is 6.22. The monoisotopic (exact) mass is 238 g/mol. The van der Waals surface area contributed by atoms with Gasteiger partial charge in [-0.1, -0.05) is 0 Å². The van der Waals surface area contributed by atoms with Crippen LogP contribution in [0.15, 0.2) is 0 Å². The van der Waals surface area contributed by atoms with Crippen molar-refractivity contribution in [2.45, 2.75) is 0 Å². The summed E-state index contributed by atoms with van der Waals surface area (Å²) in [6, 6.07) is 0. The van der Waals surface area contributed by atoms with Crippen LogP contribution in [-0.4, -0.2) is 65.3 Å². The molecule has 2 N–H and O–H groups in total. The molecule has 1 atom stereocenters. The van der Waals surface area contributed by atoms with Gasteiger partial charge in [0.2, 0.25) is 13.3 Å². The van der Waals surface area contributed by atoms with Gasteiger partial charge in [0, 0.05) is 20.8 Å². The van der Waals surface area contributed by atoms with E-state index < -0.39 is 25.3 Å². The fourth-order valence-corrected chi connectivity index (χ4v) is 1.51. The van der Waals surface area contributed by atoms with Gasteiger partial charge in [0.05, 0.1) is 0 Å². The van der Waals surface area contributed by atoms with Gasteiger partial charge in [-0.2, -0.15) is 0 Å². The first kappa shape index (κ1) is 14.1. The van der Waals surface area contributed by atoms with Gasteiger partial charge in [0.15, 0.2) is 0 Å². The van der Waals surface area contributed by atoms with Crippen molar-refractivity contribution in [3.05, 3.63) is 0 Å². The minimum absolute atomic E-state index is 0.328. The van der Waals surface area contributed by atoms with Crippen LogP contribution in [0.5, 0.6) is 0 Å². The number of hydrogen-bond donors (Lipinski definition) is 2. The van der Waals surface area contributed by atoms with E-state index in [9.17, 15) is 14.2 Å². The van der Waals surface area contributed by atoms with E-state index in [0.29, 0.717) is 5.06 Å². The Morgan fingerprint density at radius 2 is 1.73 bits per heavy atom. The molecule has 2 amide bonds. The van der Waals surface area contributed by atoms with Crippen molar-refractivity contribution in [3.8, 4) is 0 Å². The Bertz CT molecular complexity index is 298. The maximum atomic E-state index is 11.3. The normalized spacial score (nSPS) is 14.2. The summed E-state index contributed by atoms with van der Waals surface area (Å²) in [7, 11) is -0.966. The lowest BCUT2D eigenvalue weighted by molar-refractivity contribution is -0.161. The van der Waals surface area contributed by atoms with Crippen LogP contribution in [0.3, 0.4) is 0 Å². The summed E-state index contributed by atoms with van der Waals surface area (Å²) in [5.74, 6) is -1.28. The van der Waals surface area contributed by atoms with E-state index in [-0.39, 0.29) is 6.54 Å². The third-order valence-electron chi connectivity index (χ3n) is 1.59. The second-order valence-corrected chi connectivity index (χ2v) is 5.79. The van der Waals surface area contributed by atoms with Gasteiger partial charge in [-0.25, -0.2) is 5.06 Å². The molecule has 0 aromatic rings. The molecule has 0 aliphatic heterocycles. The summed E-state index contributed by atoms with van der Waals surface area (Å²) in [4.78, 5) is 32.2. The van der Waals surface area contributed by atoms with Gasteiger partial charge in [0.25, 0.3) is 5.91 Å². The van der Waals surface area contributed by atoms with E-state index in [1.54, 1.807) is 0 Å². The van der Waals surface area contributed by atoms with Crippen LogP contribution in [0.2, 0.25) is 0 Å². The highest BCUT2D eigenvalue weighted by Crippen LogP contribution is 2.34. The first-order valence-electron chi connectivity index (χ1n) is 4.12. The first-order chi connectivity index (χ1) is 6.63. The van der Waals surface area contributed by atoms with Crippen molar-refractivity contribution in [1.29, 1.82) is 0 Å². The molecule has 0 saturated carbocycles. The van der Waals surface area contributed by atoms with Crippen molar-refractivity contribution < 1.29 is 24.3 Å². The summed E-state index contributed by atoms with van der Waals surface area (Å²) in [6.45, 7) is 0.741. The predicted octanol–water partition coefficient (Wildman–Crippen LogP) is -0.807. The van der Waals surface area contributed by atoms with Crippen molar-refractivity contribution in [2.24, 2.45) is 0 Å². The number of likely N-dealkylation sites (N-methyl/N-ethyl adjacent to an activating group) is 2. The highest BCUT2D eigenvalue weighted by atomic mass is 31.2. The van der Waals surface area contributed by atoms with Crippen LogP contribution in [0.1, 0.15) is 0 Å². The lowest BCUT2D eigenvalue weighted by Gasteiger charge is -2.18. The molecule has 0 bridgehead atoms. The smallest absolute Gasteiger partial charge is 0.265 e. The molecule has 15 heavy (non-hydrogen) atoms. The Labute approximate surface area is 87.7 Å². The van der Waals surface area contributed by atoms with Crippen LogP contribution >= 0.6 is 7.37 Å². The Morgan fingerprint density at radius 1 is 1.27 bits per heavy atom. The van der Waals surface area contributed by atoms with Gasteiger partial charge >= 0.3 is 0 Å². The molecule has 0 aliphatic carbocycles. The van der Waals surface area contributed by atoms with Crippen LogP contribution in [0.4, 0.5) is 0 Å². The minimum atomic E-state index is -3.42. The van der Waals surface area contributed by atoms with Crippen LogP contribution in [-0.2, 0) is 14.2 Å². The van der Waals surface area contributed by atoms with Gasteiger partial charge in [-0.05, 0) is 0 Å². The zero-order valence-electron chi connectivity index (χ0n) is 8.88. The zero-order chi connectivity index (χ0) is 12.2. The van der Waals surface area contributed by atoms with Crippen molar-refractivity contribution in [3.63, 3.8) is 0 Å². The highest BCUT2D eigenvalue weighted by Gasteiger charge is 2.21. The fraction of sp³-hybridized carbons (Fsp3) is 0.714. The molecule has 88 valence electrons. The van der Waals surface area contributed by atoms with Crippen LogP contribution in [0.25, 0.3) is 0 Å². The average molecular weight is 238 g/mol. The largest absolute Gasteiger partial charge is 0.344 e. The lowest BCUT2D eigenvalue weighted by Crippen LogP contribution is -2.39. The summed E-state index contributed by atoms with van der Waals surface area (Å²) < 4.78 is 10.9. The van der Waals surface area contributed by atoms with Crippen molar-refractivity contribution in [1.82, 2.24) is 9.96 Å². The fourth-order valence-electron chi connectivity index (χ4n) is 0.765. The van der Waals surface area contributed by atoms with Gasteiger partial charge < -0.3 is 9.79 Å². The predicted molar refractivity (Wildman–Crippen MR) is 52.8 cm³/mol. The standard InChI is InChI=1S/C7H15N2O5P/c1-8(4-6(10)9(2)12)7(11)5-15(3,13)14/h12H,4-5H2,1-3H3,(H,13,14). The van der Waals surface area contributed by atoms with Gasteiger partial charge in [-0.3, -0.25) is 19.4 Å². The van der Waals surface area contributed by atoms with E-state index in [1.165, 1.54) is 7.05 Å². The number of rotatable bonds is 4. The number of carbonyl (C=O) groups is 2. The highest BCUT2D eigenvalue weighted by molar-refractivity contribution is 7.58. The molecule has 0 fully saturated rings. The summed E-state index contributed by atoms with van der Waals surface area (Å²) in [6.07, 6.45) is -0.508. The van der Waals surface area contributed by atoms with E-state index >= 15 is 0 Å². The molecule has 0 saturated heterocycles. The maximum Gasteiger partial charge on any atom is 0.265 e. The molecule has 0 aliphatic rings. The topological polar surface area (TPSA) is 98.2 Å². The molecule has 0 heterocycles. The van der Waals surface area contributed by atoms with Crippen molar-refractivity contribution in [2.75, 3.05) is 33.5 Å². The van der Waals surface area contributed by atoms with E-state index in [0.717, 1.165) is 18.6 Å². The molecule has 1 unspecified atom stereocenters. The van der Waals surface area contributed by atoms with Gasteiger partial charge in [0.1, 0.15) is 12.7 Å². The Hall–Kier alpha value is -0.910. The number of carbonyl (C=O) groups excluding carboxylic acids is 2. The number of hydroxylamine groups is 2. The Kier molecular flexibility index (Phi) is 4.93. The summed E-state index contributed by atoms with van der Waals surface area (Å²) in [5.41, 5.74) is 0. The Morgan fingerprint density at radius 3 is 2.07 bits per heavy atom. The third-order valence-corrected chi connectivity index (χ3v) is 2.45. The molecule has 0 spiro atoms. The van der Waals surface area contributed by atoms with E-state index in [1.807, 2.05) is 0 Å². The summed E-state index contributed by atoms with van der Waals surface area (Å²) in [5, 5.41) is 9.08. The maximum absolute atomic E-state index is 11.3. The molecular formula is C7H15N2O5P. The first-order valence-corrected chi connectivity index (χ1v) is 6.41. The number of hydrogen-bond acceptors (Lipinski definition) is 4. The van der Waals surface area contributed by atoms with Crippen molar-refractivity contribution >= 4 is 19.2 Å². The van der Waals surface area contributed by atoms with Gasteiger partial charge in [-0.15, -0.1) is 0 Å². The second-order valence-electron chi connectivity index (χ2n) is 3.38.